The number of aromatic nitrogens is 2. The topological polar surface area (TPSA) is 93.2 Å². The number of hydrogen-bond donors (Lipinski definition) is 2. The lowest BCUT2D eigenvalue weighted by molar-refractivity contribution is -0.127. The lowest BCUT2D eigenvalue weighted by atomic mass is 10.0. The molecule has 0 saturated carbocycles. The highest BCUT2D eigenvalue weighted by Gasteiger charge is 2.26. The van der Waals surface area contributed by atoms with E-state index in [-0.39, 0.29) is 18.2 Å². The average molecular weight is 450 g/mol. The smallest absolute Gasteiger partial charge is 0.240 e. The average Bonchev–Trinajstić information content (AvgIpc) is 2.85. The van der Waals surface area contributed by atoms with Crippen molar-refractivity contribution in [2.24, 2.45) is 11.7 Å². The summed E-state index contributed by atoms with van der Waals surface area (Å²) in [6.45, 7) is 6.06. The Morgan fingerprint density at radius 2 is 2.06 bits per heavy atom. The molecule has 1 aromatic heterocycles. The summed E-state index contributed by atoms with van der Waals surface area (Å²) < 4.78 is 16.6. The maximum absolute atomic E-state index is 14.7. The Morgan fingerprint density at radius 1 is 1.32 bits per heavy atom. The molecule has 1 atom stereocenters. The second-order valence-corrected chi connectivity index (χ2v) is 8.96. The van der Waals surface area contributed by atoms with Crippen LogP contribution in [0.3, 0.4) is 0 Å². The Balaban J connectivity index is 1.94. The number of nitrogens with one attached hydrogen (secondary N) is 1. The van der Waals surface area contributed by atoms with Gasteiger partial charge in [0, 0.05) is 18.1 Å². The minimum Gasteiger partial charge on any atom is -0.368 e. The predicted octanol–water partition coefficient (Wildman–Crippen LogP) is 2.74. The first-order valence-electron chi connectivity index (χ1n) is 10.5. The normalized spacial score (nSPS) is 15.4. The number of benzene rings is 1. The number of fused-ring (bicyclic) bond motifs is 1. The summed E-state index contributed by atoms with van der Waals surface area (Å²) in [7, 11) is 2.00. The molecule has 1 aliphatic heterocycles. The maximum atomic E-state index is 14.7. The molecule has 0 unspecified atom stereocenters. The van der Waals surface area contributed by atoms with E-state index in [1.54, 1.807) is 12.1 Å². The molecule has 2 amide bonds. The van der Waals surface area contributed by atoms with Crippen LogP contribution in [0.15, 0.2) is 18.2 Å². The summed E-state index contributed by atoms with van der Waals surface area (Å²) in [6.07, 6.45) is 1.33. The molecule has 7 nitrogen and oxygen atoms in total. The van der Waals surface area contributed by atoms with Gasteiger partial charge in [0.05, 0.1) is 23.4 Å². The van der Waals surface area contributed by atoms with Crippen LogP contribution in [0.1, 0.15) is 38.1 Å². The Labute approximate surface area is 186 Å². The first kappa shape index (κ1) is 23.2. The van der Waals surface area contributed by atoms with Gasteiger partial charge in [-0.1, -0.05) is 25.4 Å². The zero-order valence-corrected chi connectivity index (χ0v) is 18.9. The van der Waals surface area contributed by atoms with Crippen molar-refractivity contribution in [1.82, 2.24) is 19.8 Å². The Morgan fingerprint density at radius 3 is 2.71 bits per heavy atom. The van der Waals surface area contributed by atoms with E-state index in [2.05, 4.69) is 15.2 Å². The number of hydrogen-bond acceptors (Lipinski definition) is 4. The third-order valence-corrected chi connectivity index (χ3v) is 5.62. The molecule has 1 aromatic carbocycles. The van der Waals surface area contributed by atoms with Gasteiger partial charge in [0.1, 0.15) is 17.7 Å². The minimum atomic E-state index is -0.732. The van der Waals surface area contributed by atoms with Gasteiger partial charge in [0.15, 0.2) is 0 Å². The van der Waals surface area contributed by atoms with E-state index in [4.69, 9.17) is 17.3 Å². The highest BCUT2D eigenvalue weighted by atomic mass is 35.5. The van der Waals surface area contributed by atoms with E-state index in [9.17, 15) is 14.0 Å². The van der Waals surface area contributed by atoms with Crippen molar-refractivity contribution in [1.29, 1.82) is 0 Å². The van der Waals surface area contributed by atoms with Crippen molar-refractivity contribution in [3.63, 3.8) is 0 Å². The van der Waals surface area contributed by atoms with Crippen LogP contribution in [0.2, 0.25) is 5.02 Å². The number of primary amides is 1. The van der Waals surface area contributed by atoms with Crippen LogP contribution in [0, 0.1) is 11.7 Å². The number of nitrogens with zero attached hydrogens (tertiary/aromatic N) is 3. The maximum Gasteiger partial charge on any atom is 0.240 e. The SMILES string of the molecule is CC(C)C[C@H](NC(=O)Cc1nc(-c2ccc(Cl)cc2F)n2c1CN(C)CCC2)C(N)=O. The number of rotatable bonds is 7. The molecule has 2 heterocycles. The lowest BCUT2D eigenvalue weighted by Gasteiger charge is -2.17. The molecular weight excluding hydrogens is 421 g/mol. The van der Waals surface area contributed by atoms with Gasteiger partial charge in [-0.15, -0.1) is 0 Å². The number of carbonyl (C=O) groups is 2. The van der Waals surface area contributed by atoms with Gasteiger partial charge in [0.25, 0.3) is 0 Å². The van der Waals surface area contributed by atoms with Gasteiger partial charge >= 0.3 is 0 Å². The van der Waals surface area contributed by atoms with E-state index in [0.717, 1.165) is 18.7 Å². The Kier molecular flexibility index (Phi) is 7.33. The summed E-state index contributed by atoms with van der Waals surface area (Å²) in [5.74, 6) is -0.667. The number of carbonyl (C=O) groups excluding carboxylic acids is 2. The number of halogens is 2. The molecule has 0 saturated heterocycles. The standard InChI is InChI=1S/C22H29ClFN5O2/c1-13(2)9-18(21(25)31)26-20(30)11-17-19-12-28(3)7-4-8-29(19)22(27-17)15-6-5-14(23)10-16(15)24/h5-6,10,13,18H,4,7-9,11-12H2,1-3H3,(H2,25,31)(H,26,30)/t18-/m0/s1. The van der Waals surface area contributed by atoms with Crippen molar-refractivity contribution in [3.05, 3.63) is 40.4 Å². The van der Waals surface area contributed by atoms with Crippen LogP contribution in [-0.4, -0.2) is 45.9 Å². The molecule has 9 heteroatoms. The van der Waals surface area contributed by atoms with Crippen LogP contribution < -0.4 is 11.1 Å². The number of imidazole rings is 1. The van der Waals surface area contributed by atoms with Crippen molar-refractivity contribution >= 4 is 23.4 Å². The lowest BCUT2D eigenvalue weighted by Crippen LogP contribution is -2.45. The van der Waals surface area contributed by atoms with Crippen molar-refractivity contribution in [2.75, 3.05) is 13.6 Å². The summed E-state index contributed by atoms with van der Waals surface area (Å²) in [5, 5.41) is 3.04. The van der Waals surface area contributed by atoms with Gasteiger partial charge in [-0.2, -0.15) is 0 Å². The summed E-state index contributed by atoms with van der Waals surface area (Å²) in [5.41, 5.74) is 7.24. The molecular formula is C22H29ClFN5O2. The highest BCUT2D eigenvalue weighted by molar-refractivity contribution is 6.30. The quantitative estimate of drug-likeness (QED) is 0.679. The van der Waals surface area contributed by atoms with Gasteiger partial charge < -0.3 is 20.5 Å². The zero-order valence-electron chi connectivity index (χ0n) is 18.1. The van der Waals surface area contributed by atoms with Crippen molar-refractivity contribution in [3.8, 4) is 11.4 Å². The van der Waals surface area contributed by atoms with Crippen LogP contribution >= 0.6 is 11.6 Å². The molecule has 1 aliphatic rings. The van der Waals surface area contributed by atoms with Crippen LogP contribution in [0.4, 0.5) is 4.39 Å². The number of amides is 2. The molecule has 0 radical (unpaired) electrons. The first-order chi connectivity index (χ1) is 14.7. The van der Waals surface area contributed by atoms with Gasteiger partial charge in [-0.05, 0) is 50.6 Å². The largest absolute Gasteiger partial charge is 0.368 e. The number of nitrogens with two attached hydrogens (primary N) is 1. The van der Waals surface area contributed by atoms with Gasteiger partial charge in [-0.3, -0.25) is 9.59 Å². The predicted molar refractivity (Wildman–Crippen MR) is 118 cm³/mol. The minimum absolute atomic E-state index is 0.0136. The Bertz CT molecular complexity index is 975. The third kappa shape index (κ3) is 5.62. The molecule has 0 bridgehead atoms. The first-order valence-corrected chi connectivity index (χ1v) is 10.8. The van der Waals surface area contributed by atoms with Crippen LogP contribution in [-0.2, 0) is 29.1 Å². The molecule has 0 fully saturated rings. The highest BCUT2D eigenvalue weighted by Crippen LogP contribution is 2.29. The van der Waals surface area contributed by atoms with Crippen LogP contribution in [0.5, 0.6) is 0 Å². The third-order valence-electron chi connectivity index (χ3n) is 5.38. The summed E-state index contributed by atoms with van der Waals surface area (Å²) in [4.78, 5) is 31.3. The summed E-state index contributed by atoms with van der Waals surface area (Å²) >= 11 is 5.91. The molecule has 2 aromatic rings. The van der Waals surface area contributed by atoms with E-state index in [1.807, 2.05) is 25.5 Å². The summed E-state index contributed by atoms with van der Waals surface area (Å²) in [6, 6.07) is 3.76. The van der Waals surface area contributed by atoms with Crippen molar-refractivity contribution in [2.45, 2.75) is 52.2 Å². The fourth-order valence-corrected chi connectivity index (χ4v) is 4.08. The fraction of sp³-hybridized carbons (Fsp3) is 0.500. The van der Waals surface area contributed by atoms with E-state index in [0.29, 0.717) is 41.6 Å². The molecule has 0 aliphatic carbocycles. The molecule has 0 spiro atoms. The van der Waals surface area contributed by atoms with E-state index < -0.39 is 17.8 Å². The molecule has 168 valence electrons. The molecule has 31 heavy (non-hydrogen) atoms. The zero-order chi connectivity index (χ0) is 22.7. The van der Waals surface area contributed by atoms with Gasteiger partial charge in [0.2, 0.25) is 11.8 Å². The van der Waals surface area contributed by atoms with Crippen molar-refractivity contribution < 1.29 is 14.0 Å². The fourth-order valence-electron chi connectivity index (χ4n) is 3.92. The van der Waals surface area contributed by atoms with E-state index >= 15 is 0 Å². The second kappa shape index (κ2) is 9.78. The molecule has 3 N–H and O–H groups in total. The van der Waals surface area contributed by atoms with Gasteiger partial charge in [-0.25, -0.2) is 9.37 Å². The second-order valence-electron chi connectivity index (χ2n) is 8.52. The monoisotopic (exact) mass is 449 g/mol. The Hall–Kier alpha value is -2.45. The van der Waals surface area contributed by atoms with Crippen LogP contribution in [0.25, 0.3) is 11.4 Å². The van der Waals surface area contributed by atoms with E-state index in [1.165, 1.54) is 6.07 Å². The molecule has 3 rings (SSSR count).